The molecule has 0 atom stereocenters. The van der Waals surface area contributed by atoms with Crippen LogP contribution < -0.4 is 0 Å². The molecule has 31 heavy (non-hydrogen) atoms. The van der Waals surface area contributed by atoms with E-state index in [1.807, 2.05) is 65.2 Å². The number of carbonyl (C=O) groups excluding carboxylic acids is 1. The summed E-state index contributed by atoms with van der Waals surface area (Å²) in [6, 6.07) is 25.9. The Bertz CT molecular complexity index is 1160. The molecule has 0 fully saturated rings. The number of para-hydroxylation sites is 1. The van der Waals surface area contributed by atoms with E-state index in [1.165, 1.54) is 23.9 Å². The maximum absolute atomic E-state index is 13.4. The quantitative estimate of drug-likeness (QED) is 0.393. The molecule has 4 rings (SSSR count). The van der Waals surface area contributed by atoms with Crippen LogP contribution in [0.3, 0.4) is 0 Å². The van der Waals surface area contributed by atoms with E-state index in [0.717, 1.165) is 22.6 Å². The van der Waals surface area contributed by atoms with Gasteiger partial charge in [-0.05, 0) is 29.8 Å². The standard InChI is InChI=1S/C24H21FN4OS/c1-28(16-18-9-8-12-20(25)15-18)22(30)17-31-24-27-26-23(19-10-4-2-5-11-19)29(24)21-13-6-3-7-14-21/h2-15H,16-17H2,1H3. The first-order valence-corrected chi connectivity index (χ1v) is 10.8. The minimum absolute atomic E-state index is 0.0712. The fraction of sp³-hybridized carbons (Fsp3) is 0.125. The van der Waals surface area contributed by atoms with Crippen molar-refractivity contribution in [2.75, 3.05) is 12.8 Å². The third kappa shape index (κ3) is 5.00. The van der Waals surface area contributed by atoms with Gasteiger partial charge in [-0.1, -0.05) is 72.4 Å². The average Bonchev–Trinajstić information content (AvgIpc) is 3.22. The highest BCUT2D eigenvalue weighted by atomic mass is 32.2. The van der Waals surface area contributed by atoms with Crippen LogP contribution in [0.25, 0.3) is 17.1 Å². The van der Waals surface area contributed by atoms with Crippen molar-refractivity contribution < 1.29 is 9.18 Å². The average molecular weight is 433 g/mol. The second-order valence-electron chi connectivity index (χ2n) is 7.01. The molecule has 0 saturated carbocycles. The van der Waals surface area contributed by atoms with Crippen LogP contribution in [0.2, 0.25) is 0 Å². The summed E-state index contributed by atoms with van der Waals surface area (Å²) in [5.74, 6) is 0.538. The Morgan fingerprint density at radius 2 is 1.68 bits per heavy atom. The molecule has 0 bridgehead atoms. The molecule has 0 N–H and O–H groups in total. The van der Waals surface area contributed by atoms with E-state index in [0.29, 0.717) is 11.7 Å². The van der Waals surface area contributed by atoms with Crippen molar-refractivity contribution in [1.29, 1.82) is 0 Å². The number of aromatic nitrogens is 3. The molecule has 1 heterocycles. The maximum atomic E-state index is 13.4. The summed E-state index contributed by atoms with van der Waals surface area (Å²) >= 11 is 1.33. The Labute approximate surface area is 184 Å². The fourth-order valence-electron chi connectivity index (χ4n) is 3.18. The summed E-state index contributed by atoms with van der Waals surface area (Å²) < 4.78 is 15.4. The Morgan fingerprint density at radius 1 is 0.968 bits per heavy atom. The molecule has 0 aliphatic heterocycles. The molecule has 5 nitrogen and oxygen atoms in total. The summed E-state index contributed by atoms with van der Waals surface area (Å²) in [4.78, 5) is 14.3. The summed E-state index contributed by atoms with van der Waals surface area (Å²) in [7, 11) is 1.71. The van der Waals surface area contributed by atoms with Crippen LogP contribution in [0.5, 0.6) is 0 Å². The van der Waals surface area contributed by atoms with Crippen LogP contribution >= 0.6 is 11.8 Å². The minimum atomic E-state index is -0.308. The molecule has 3 aromatic carbocycles. The fourth-order valence-corrected chi connectivity index (χ4v) is 4.07. The lowest BCUT2D eigenvalue weighted by atomic mass is 10.2. The van der Waals surface area contributed by atoms with Gasteiger partial charge in [-0.25, -0.2) is 4.39 Å². The largest absolute Gasteiger partial charge is 0.341 e. The molecule has 0 aliphatic rings. The molecule has 0 unspecified atom stereocenters. The normalized spacial score (nSPS) is 10.8. The Kier molecular flexibility index (Phi) is 6.43. The van der Waals surface area contributed by atoms with Crippen LogP contribution in [0.4, 0.5) is 4.39 Å². The minimum Gasteiger partial charge on any atom is -0.341 e. The van der Waals surface area contributed by atoms with E-state index in [4.69, 9.17) is 0 Å². The SMILES string of the molecule is CN(Cc1cccc(F)c1)C(=O)CSc1nnc(-c2ccccc2)n1-c1ccccc1. The summed E-state index contributed by atoms with van der Waals surface area (Å²) in [5, 5.41) is 9.38. The zero-order chi connectivity index (χ0) is 21.6. The van der Waals surface area contributed by atoms with E-state index >= 15 is 0 Å². The molecule has 1 amide bonds. The lowest BCUT2D eigenvalue weighted by Gasteiger charge is -2.17. The molecule has 7 heteroatoms. The second-order valence-corrected chi connectivity index (χ2v) is 7.95. The van der Waals surface area contributed by atoms with Gasteiger partial charge in [0, 0.05) is 24.8 Å². The Balaban J connectivity index is 1.53. The molecule has 0 radical (unpaired) electrons. The topological polar surface area (TPSA) is 51.0 Å². The van der Waals surface area contributed by atoms with Gasteiger partial charge in [0.15, 0.2) is 11.0 Å². The predicted octanol–water partition coefficient (Wildman–Crippen LogP) is 4.82. The third-order valence-electron chi connectivity index (χ3n) is 4.74. The van der Waals surface area contributed by atoms with Crippen molar-refractivity contribution in [2.45, 2.75) is 11.7 Å². The van der Waals surface area contributed by atoms with Crippen molar-refractivity contribution in [3.63, 3.8) is 0 Å². The number of nitrogens with zero attached hydrogens (tertiary/aromatic N) is 4. The van der Waals surface area contributed by atoms with Crippen LogP contribution in [-0.4, -0.2) is 38.4 Å². The summed E-state index contributed by atoms with van der Waals surface area (Å²) in [6.07, 6.45) is 0. The van der Waals surface area contributed by atoms with Crippen molar-refractivity contribution in [3.8, 4) is 17.1 Å². The van der Waals surface area contributed by atoms with Gasteiger partial charge in [-0.2, -0.15) is 0 Å². The summed E-state index contributed by atoms with van der Waals surface area (Å²) in [6.45, 7) is 0.345. The van der Waals surface area contributed by atoms with Gasteiger partial charge < -0.3 is 4.90 Å². The van der Waals surface area contributed by atoms with Crippen LogP contribution in [-0.2, 0) is 11.3 Å². The van der Waals surface area contributed by atoms with Crippen LogP contribution in [0.15, 0.2) is 90.1 Å². The molecule has 156 valence electrons. The molecule has 1 aromatic heterocycles. The Hall–Kier alpha value is -3.45. The second kappa shape index (κ2) is 9.57. The van der Waals surface area contributed by atoms with Gasteiger partial charge in [-0.15, -0.1) is 10.2 Å². The number of halogens is 1. The van der Waals surface area contributed by atoms with Gasteiger partial charge in [0.2, 0.25) is 5.91 Å². The first-order chi connectivity index (χ1) is 15.1. The monoisotopic (exact) mass is 432 g/mol. The first kappa shape index (κ1) is 20.8. The summed E-state index contributed by atoms with van der Waals surface area (Å²) in [5.41, 5.74) is 2.62. The highest BCUT2D eigenvalue weighted by Crippen LogP contribution is 2.28. The number of amides is 1. The molecule has 0 saturated heterocycles. The van der Waals surface area contributed by atoms with Crippen LogP contribution in [0.1, 0.15) is 5.56 Å². The molecule has 0 aliphatic carbocycles. The van der Waals surface area contributed by atoms with E-state index in [1.54, 1.807) is 24.1 Å². The number of thioether (sulfide) groups is 1. The number of carbonyl (C=O) groups is 1. The lowest BCUT2D eigenvalue weighted by Crippen LogP contribution is -2.28. The van der Waals surface area contributed by atoms with E-state index in [9.17, 15) is 9.18 Å². The van der Waals surface area contributed by atoms with E-state index in [2.05, 4.69) is 10.2 Å². The van der Waals surface area contributed by atoms with Crippen molar-refractivity contribution in [3.05, 3.63) is 96.3 Å². The maximum Gasteiger partial charge on any atom is 0.233 e. The zero-order valence-corrected chi connectivity index (χ0v) is 17.8. The van der Waals surface area contributed by atoms with Crippen molar-refractivity contribution in [1.82, 2.24) is 19.7 Å². The van der Waals surface area contributed by atoms with E-state index in [-0.39, 0.29) is 17.5 Å². The first-order valence-electron chi connectivity index (χ1n) is 9.79. The van der Waals surface area contributed by atoms with Gasteiger partial charge in [0.05, 0.1) is 5.75 Å². The highest BCUT2D eigenvalue weighted by molar-refractivity contribution is 7.99. The number of benzene rings is 3. The van der Waals surface area contributed by atoms with Crippen LogP contribution in [0, 0.1) is 5.82 Å². The Morgan fingerprint density at radius 3 is 2.39 bits per heavy atom. The van der Waals surface area contributed by atoms with Gasteiger partial charge >= 0.3 is 0 Å². The highest BCUT2D eigenvalue weighted by Gasteiger charge is 2.18. The van der Waals surface area contributed by atoms with Gasteiger partial charge in [0.1, 0.15) is 5.82 Å². The number of rotatable bonds is 7. The molecular formula is C24H21FN4OS. The molecule has 0 spiro atoms. The number of hydrogen-bond acceptors (Lipinski definition) is 4. The van der Waals surface area contributed by atoms with E-state index < -0.39 is 0 Å². The number of hydrogen-bond donors (Lipinski definition) is 0. The molecule has 4 aromatic rings. The molecular weight excluding hydrogens is 411 g/mol. The third-order valence-corrected chi connectivity index (χ3v) is 5.65. The lowest BCUT2D eigenvalue weighted by molar-refractivity contribution is -0.127. The van der Waals surface area contributed by atoms with Crippen molar-refractivity contribution >= 4 is 17.7 Å². The smallest absolute Gasteiger partial charge is 0.233 e. The van der Waals surface area contributed by atoms with Gasteiger partial charge in [-0.3, -0.25) is 9.36 Å². The van der Waals surface area contributed by atoms with Gasteiger partial charge in [0.25, 0.3) is 0 Å². The van der Waals surface area contributed by atoms with Crippen molar-refractivity contribution in [2.24, 2.45) is 0 Å². The zero-order valence-electron chi connectivity index (χ0n) is 17.0. The predicted molar refractivity (Wildman–Crippen MR) is 120 cm³/mol.